The van der Waals surface area contributed by atoms with Gasteiger partial charge in [0.1, 0.15) is 17.8 Å². The maximum atomic E-state index is 13.2. The highest BCUT2D eigenvalue weighted by molar-refractivity contribution is 7.42. The highest BCUT2D eigenvalue weighted by Gasteiger charge is 2.30. The minimum Gasteiger partial charge on any atom is -0.426 e. The van der Waals surface area contributed by atoms with E-state index >= 15 is 0 Å². The van der Waals surface area contributed by atoms with Crippen LogP contribution in [0.5, 0.6) is 5.75 Å². The summed E-state index contributed by atoms with van der Waals surface area (Å²) in [6.07, 6.45) is 2.15. The number of aromatic amines is 1. The van der Waals surface area contributed by atoms with Gasteiger partial charge in [0.15, 0.2) is 0 Å². The van der Waals surface area contributed by atoms with Gasteiger partial charge in [-0.05, 0) is 38.0 Å². The van der Waals surface area contributed by atoms with Gasteiger partial charge in [0.25, 0.3) is 5.56 Å². The number of nitrogens with zero attached hydrogens (tertiary/aromatic N) is 1. The van der Waals surface area contributed by atoms with Crippen LogP contribution in [0.2, 0.25) is 0 Å². The number of fused-ring (bicyclic) bond motifs is 1. The van der Waals surface area contributed by atoms with E-state index in [2.05, 4.69) is 4.98 Å². The Morgan fingerprint density at radius 3 is 3.07 bits per heavy atom. The second kappa shape index (κ2) is 7.52. The molecule has 1 saturated heterocycles. The fourth-order valence-corrected chi connectivity index (χ4v) is 4.05. The lowest BCUT2D eigenvalue weighted by molar-refractivity contribution is -0.0230. The summed E-state index contributed by atoms with van der Waals surface area (Å²) in [5, 5.41) is 0. The van der Waals surface area contributed by atoms with Crippen molar-refractivity contribution < 1.29 is 22.7 Å². The number of halogens is 1. The Hall–Kier alpha value is -2.06. The predicted molar refractivity (Wildman–Crippen MR) is 93.9 cm³/mol. The average Bonchev–Trinajstić information content (AvgIpc) is 3.11. The molecule has 1 N–H and O–H groups in total. The molecule has 8 nitrogen and oxygen atoms in total. The largest absolute Gasteiger partial charge is 0.426 e. The number of aromatic nitrogens is 2. The molecule has 27 heavy (non-hydrogen) atoms. The molecule has 3 atom stereocenters. The topological polar surface area (TPSA) is 91.8 Å². The molecule has 3 heterocycles. The Morgan fingerprint density at radius 1 is 1.37 bits per heavy atom. The molecule has 4 rings (SSSR count). The first-order valence-electron chi connectivity index (χ1n) is 8.49. The quantitative estimate of drug-likeness (QED) is 0.799. The molecule has 144 valence electrons. The molecule has 2 aliphatic rings. The third-order valence-corrected chi connectivity index (χ3v) is 5.47. The van der Waals surface area contributed by atoms with Gasteiger partial charge in [0.2, 0.25) is 0 Å². The first-order chi connectivity index (χ1) is 13.0. The number of hydrogen-bond acceptors (Lipinski definition) is 6. The van der Waals surface area contributed by atoms with E-state index in [1.165, 1.54) is 22.9 Å². The van der Waals surface area contributed by atoms with Gasteiger partial charge in [-0.1, -0.05) is 0 Å². The number of aryl methyl sites for hydroxylation is 1. The zero-order valence-corrected chi connectivity index (χ0v) is 15.4. The lowest BCUT2D eigenvalue weighted by Crippen LogP contribution is -2.33. The third-order valence-electron chi connectivity index (χ3n) is 4.43. The van der Waals surface area contributed by atoms with Gasteiger partial charge in [-0.2, -0.15) is 0 Å². The van der Waals surface area contributed by atoms with Crippen LogP contribution in [0.3, 0.4) is 0 Å². The Balaban J connectivity index is 1.33. The lowest BCUT2D eigenvalue weighted by Gasteiger charge is -2.24. The van der Waals surface area contributed by atoms with Crippen LogP contribution in [0.15, 0.2) is 34.0 Å². The van der Waals surface area contributed by atoms with Gasteiger partial charge in [-0.15, -0.1) is 0 Å². The van der Waals surface area contributed by atoms with E-state index in [1.807, 2.05) is 0 Å². The van der Waals surface area contributed by atoms with Crippen LogP contribution in [0.1, 0.15) is 30.2 Å². The van der Waals surface area contributed by atoms with E-state index in [-0.39, 0.29) is 25.1 Å². The molecule has 0 radical (unpaired) electrons. The average molecular weight is 396 g/mol. The fourth-order valence-electron chi connectivity index (χ4n) is 3.00. The van der Waals surface area contributed by atoms with Crippen molar-refractivity contribution in [3.8, 4) is 5.75 Å². The summed E-state index contributed by atoms with van der Waals surface area (Å²) >= 11 is 0. The van der Waals surface area contributed by atoms with E-state index in [1.54, 1.807) is 13.0 Å². The monoisotopic (exact) mass is 396 g/mol. The first kappa shape index (κ1) is 18.3. The summed E-state index contributed by atoms with van der Waals surface area (Å²) in [5.41, 5.74) is 0.191. The Bertz CT molecular complexity index is 961. The van der Waals surface area contributed by atoms with Gasteiger partial charge in [0, 0.05) is 17.3 Å². The molecule has 0 bridgehead atoms. The minimum atomic E-state index is -1.59. The van der Waals surface area contributed by atoms with Crippen LogP contribution >= 0.6 is 8.60 Å². The zero-order chi connectivity index (χ0) is 19.0. The van der Waals surface area contributed by atoms with Crippen molar-refractivity contribution in [1.82, 2.24) is 9.55 Å². The van der Waals surface area contributed by atoms with Crippen molar-refractivity contribution in [3.63, 3.8) is 0 Å². The first-order valence-corrected chi connectivity index (χ1v) is 9.59. The van der Waals surface area contributed by atoms with Crippen LogP contribution in [-0.4, -0.2) is 22.3 Å². The Kier molecular flexibility index (Phi) is 5.10. The number of nitrogens with one attached hydrogen (secondary N) is 1. The Labute approximate surface area is 154 Å². The van der Waals surface area contributed by atoms with E-state index in [4.69, 9.17) is 18.3 Å². The minimum absolute atomic E-state index is 0.221. The second-order valence-corrected chi connectivity index (χ2v) is 7.55. The normalized spacial score (nSPS) is 24.4. The van der Waals surface area contributed by atoms with Crippen LogP contribution < -0.4 is 15.8 Å². The zero-order valence-electron chi connectivity index (χ0n) is 14.5. The standard InChI is InChI=1S/C17H18FN2O6P/c1-10-7-20(17(22)19-16(10)21)15-5-3-13(25-15)9-24-27-23-8-11-6-12(18)2-4-14(11)26-27/h2,4,6-7,13,15H,3,5,8-9H2,1H3,(H,19,21,22). The van der Waals surface area contributed by atoms with E-state index in [0.717, 1.165) is 0 Å². The van der Waals surface area contributed by atoms with Crippen LogP contribution in [0.25, 0.3) is 0 Å². The molecule has 2 aliphatic heterocycles. The van der Waals surface area contributed by atoms with Crippen molar-refractivity contribution >= 4 is 8.60 Å². The fraction of sp³-hybridized carbons (Fsp3) is 0.412. The van der Waals surface area contributed by atoms with Gasteiger partial charge >= 0.3 is 14.3 Å². The summed E-state index contributed by atoms with van der Waals surface area (Å²) in [6.45, 7) is 2.10. The molecule has 1 aromatic heterocycles. The van der Waals surface area contributed by atoms with Gasteiger partial charge in [-0.25, -0.2) is 9.18 Å². The highest BCUT2D eigenvalue weighted by atomic mass is 31.2. The van der Waals surface area contributed by atoms with E-state index < -0.39 is 26.1 Å². The molecule has 0 spiro atoms. The molecule has 10 heteroatoms. The van der Waals surface area contributed by atoms with E-state index in [9.17, 15) is 14.0 Å². The summed E-state index contributed by atoms with van der Waals surface area (Å²) < 4.78 is 37.2. The lowest BCUT2D eigenvalue weighted by atomic mass is 10.2. The predicted octanol–water partition coefficient (Wildman–Crippen LogP) is 2.51. The summed E-state index contributed by atoms with van der Waals surface area (Å²) in [5.74, 6) is 0.209. The van der Waals surface area contributed by atoms with Crippen molar-refractivity contribution in [2.24, 2.45) is 0 Å². The maximum Gasteiger partial charge on any atom is 0.397 e. The smallest absolute Gasteiger partial charge is 0.397 e. The molecule has 1 fully saturated rings. The van der Waals surface area contributed by atoms with Crippen molar-refractivity contribution in [1.29, 1.82) is 0 Å². The number of ether oxygens (including phenoxy) is 1. The van der Waals surface area contributed by atoms with Crippen molar-refractivity contribution in [2.45, 2.75) is 38.7 Å². The maximum absolute atomic E-state index is 13.2. The van der Waals surface area contributed by atoms with Gasteiger partial charge < -0.3 is 9.26 Å². The molecule has 0 amide bonds. The third kappa shape index (κ3) is 3.96. The number of benzene rings is 1. The summed E-state index contributed by atoms with van der Waals surface area (Å²) in [4.78, 5) is 25.7. The van der Waals surface area contributed by atoms with Crippen molar-refractivity contribution in [2.75, 3.05) is 6.61 Å². The molecule has 1 aromatic carbocycles. The van der Waals surface area contributed by atoms with Crippen molar-refractivity contribution in [3.05, 3.63) is 62.2 Å². The summed E-state index contributed by atoms with van der Waals surface area (Å²) in [6, 6.07) is 4.25. The molecular weight excluding hydrogens is 378 g/mol. The highest BCUT2D eigenvalue weighted by Crippen LogP contribution is 2.47. The van der Waals surface area contributed by atoms with E-state index in [0.29, 0.717) is 29.7 Å². The molecule has 0 saturated carbocycles. The molecule has 3 unspecified atom stereocenters. The molecule has 2 aromatic rings. The number of hydrogen-bond donors (Lipinski definition) is 1. The SMILES string of the molecule is Cc1cn(C2CCC(COP3OCc4cc(F)ccc4O3)O2)c(=O)[nH]c1=O. The molecule has 0 aliphatic carbocycles. The molecular formula is C17H18FN2O6P. The van der Waals surface area contributed by atoms with Crippen LogP contribution in [-0.2, 0) is 20.4 Å². The van der Waals surface area contributed by atoms with Crippen LogP contribution in [0, 0.1) is 12.7 Å². The number of H-pyrrole nitrogens is 1. The second-order valence-electron chi connectivity index (χ2n) is 6.40. The van der Waals surface area contributed by atoms with Crippen LogP contribution in [0.4, 0.5) is 4.39 Å². The number of rotatable bonds is 4. The summed E-state index contributed by atoms with van der Waals surface area (Å²) in [7, 11) is -1.59. The van der Waals surface area contributed by atoms with Gasteiger partial charge in [0.05, 0.1) is 19.3 Å². The Morgan fingerprint density at radius 2 is 2.22 bits per heavy atom. The van der Waals surface area contributed by atoms with Gasteiger partial charge in [-0.3, -0.25) is 23.4 Å².